The number of hydrogen-bond acceptors (Lipinski definition) is 7. The van der Waals surface area contributed by atoms with Crippen molar-refractivity contribution in [2.24, 2.45) is 0 Å². The highest BCUT2D eigenvalue weighted by Crippen LogP contribution is 2.33. The van der Waals surface area contributed by atoms with Crippen molar-refractivity contribution in [1.29, 1.82) is 0 Å². The number of anilines is 2. The highest BCUT2D eigenvalue weighted by Gasteiger charge is 2.39. The molecule has 0 unspecified atom stereocenters. The molecule has 0 aliphatic heterocycles. The summed E-state index contributed by atoms with van der Waals surface area (Å²) in [6.07, 6.45) is 2.61. The number of nitrogen functional groups attached to an aromatic ring is 1. The van der Waals surface area contributed by atoms with E-state index in [4.69, 9.17) is 10.5 Å². The molecule has 6 rings (SSSR count). The first-order chi connectivity index (χ1) is 18.3. The Morgan fingerprint density at radius 3 is 2.32 bits per heavy atom. The van der Waals surface area contributed by atoms with Gasteiger partial charge in [-0.2, -0.15) is 0 Å². The van der Waals surface area contributed by atoms with E-state index < -0.39 is 15.7 Å². The normalized spacial score (nSPS) is 13.5. The summed E-state index contributed by atoms with van der Waals surface area (Å²) in [7, 11) is -1.93. The maximum absolute atomic E-state index is 13.9. The SMILES string of the molecule is CN(c1cccc(-n2c(=O)n(-c3ccc(Oc4ccccc4)cc3)c3c(N)ncnc32)c1)S(=O)(=O)C1CC1. The Morgan fingerprint density at radius 2 is 1.61 bits per heavy atom. The molecule has 2 aromatic heterocycles. The van der Waals surface area contributed by atoms with E-state index in [1.165, 1.54) is 26.8 Å². The molecule has 3 aromatic carbocycles. The molecule has 2 N–H and O–H groups in total. The Balaban J connectivity index is 1.44. The van der Waals surface area contributed by atoms with Crippen molar-refractivity contribution in [3.05, 3.63) is 95.7 Å². The average molecular weight is 529 g/mol. The smallest absolute Gasteiger partial charge is 0.339 e. The number of ether oxygens (including phenoxy) is 1. The van der Waals surface area contributed by atoms with E-state index in [2.05, 4.69) is 9.97 Å². The standard InChI is InChI=1S/C27H24N6O4S/c1-31(38(35,36)23-14-15-23)19-6-5-7-20(16-19)33-26-24(25(28)29-17-30-26)32(27(33)34)18-10-12-22(13-11-18)37-21-8-3-2-4-9-21/h2-13,16-17,23H,14-15H2,1H3,(H2,28,29,30). The van der Waals surface area contributed by atoms with E-state index >= 15 is 0 Å². The van der Waals surface area contributed by atoms with Gasteiger partial charge in [0, 0.05) is 7.05 Å². The summed E-state index contributed by atoms with van der Waals surface area (Å²) in [6, 6.07) is 23.2. The summed E-state index contributed by atoms with van der Waals surface area (Å²) >= 11 is 0. The lowest BCUT2D eigenvalue weighted by atomic mass is 10.2. The van der Waals surface area contributed by atoms with Crippen molar-refractivity contribution in [3.8, 4) is 22.9 Å². The van der Waals surface area contributed by atoms with Gasteiger partial charge in [0.1, 0.15) is 23.3 Å². The maximum atomic E-state index is 13.9. The van der Waals surface area contributed by atoms with Crippen LogP contribution in [-0.4, -0.2) is 39.8 Å². The zero-order valence-electron chi connectivity index (χ0n) is 20.4. The fourth-order valence-corrected chi connectivity index (χ4v) is 5.96. The number of rotatable bonds is 7. The Kier molecular flexibility index (Phi) is 5.64. The van der Waals surface area contributed by atoms with Crippen molar-refractivity contribution in [1.82, 2.24) is 19.1 Å². The molecule has 0 spiro atoms. The third-order valence-corrected chi connectivity index (χ3v) is 8.79. The van der Waals surface area contributed by atoms with Crippen LogP contribution in [0.2, 0.25) is 0 Å². The van der Waals surface area contributed by atoms with E-state index in [1.807, 2.05) is 30.3 Å². The van der Waals surface area contributed by atoms with Gasteiger partial charge in [-0.05, 0) is 67.4 Å². The van der Waals surface area contributed by atoms with Gasteiger partial charge >= 0.3 is 5.69 Å². The predicted molar refractivity (Wildman–Crippen MR) is 146 cm³/mol. The summed E-state index contributed by atoms with van der Waals surface area (Å²) in [5, 5.41) is -0.359. The maximum Gasteiger partial charge on any atom is 0.339 e. The zero-order valence-corrected chi connectivity index (χ0v) is 21.2. The summed E-state index contributed by atoms with van der Waals surface area (Å²) in [6.45, 7) is 0. The minimum absolute atomic E-state index is 0.139. The number of aromatic nitrogens is 4. The van der Waals surface area contributed by atoms with Crippen LogP contribution in [0.4, 0.5) is 11.5 Å². The van der Waals surface area contributed by atoms with Crippen LogP contribution in [0.3, 0.4) is 0 Å². The quantitative estimate of drug-likeness (QED) is 0.340. The molecular weight excluding hydrogens is 504 g/mol. The number of fused-ring (bicyclic) bond motifs is 1. The van der Waals surface area contributed by atoms with Gasteiger partial charge in [0.15, 0.2) is 11.5 Å². The monoisotopic (exact) mass is 528 g/mol. The fourth-order valence-electron chi connectivity index (χ4n) is 4.37. The van der Waals surface area contributed by atoms with Crippen molar-refractivity contribution < 1.29 is 13.2 Å². The number of hydrogen-bond donors (Lipinski definition) is 1. The number of nitrogens with two attached hydrogens (primary N) is 1. The van der Waals surface area contributed by atoms with Gasteiger partial charge in [0.25, 0.3) is 0 Å². The van der Waals surface area contributed by atoms with Gasteiger partial charge in [-0.3, -0.25) is 8.87 Å². The number of nitrogens with zero attached hydrogens (tertiary/aromatic N) is 5. The van der Waals surface area contributed by atoms with Crippen molar-refractivity contribution in [2.45, 2.75) is 18.1 Å². The predicted octanol–water partition coefficient (Wildman–Crippen LogP) is 3.87. The molecule has 0 atom stereocenters. The minimum atomic E-state index is -3.46. The number of imidazole rings is 1. The Labute approximate surface area is 218 Å². The van der Waals surface area contributed by atoms with Crippen LogP contribution in [0.25, 0.3) is 22.5 Å². The Hall–Kier alpha value is -4.64. The van der Waals surface area contributed by atoms with Gasteiger partial charge in [-0.15, -0.1) is 0 Å². The lowest BCUT2D eigenvalue weighted by molar-refractivity contribution is 0.482. The molecule has 10 nitrogen and oxygen atoms in total. The van der Waals surface area contributed by atoms with Crippen LogP contribution in [0, 0.1) is 0 Å². The summed E-state index contributed by atoms with van der Waals surface area (Å²) < 4.78 is 35.6. The first-order valence-corrected chi connectivity index (χ1v) is 13.5. The van der Waals surface area contributed by atoms with Crippen molar-refractivity contribution >= 4 is 32.7 Å². The van der Waals surface area contributed by atoms with Crippen LogP contribution in [0.5, 0.6) is 11.5 Å². The molecule has 5 aromatic rings. The Morgan fingerprint density at radius 1 is 0.895 bits per heavy atom. The van der Waals surface area contributed by atoms with Crippen LogP contribution < -0.4 is 20.5 Å². The molecule has 1 aliphatic carbocycles. The Bertz CT molecular complexity index is 1810. The van der Waals surface area contributed by atoms with E-state index in [1.54, 1.807) is 48.5 Å². The van der Waals surface area contributed by atoms with E-state index in [0.717, 1.165) is 0 Å². The third kappa shape index (κ3) is 4.06. The van der Waals surface area contributed by atoms with Crippen LogP contribution >= 0.6 is 0 Å². The van der Waals surface area contributed by atoms with Gasteiger partial charge in [-0.1, -0.05) is 24.3 Å². The second-order valence-corrected chi connectivity index (χ2v) is 11.3. The molecule has 192 valence electrons. The van der Waals surface area contributed by atoms with Crippen LogP contribution in [0.15, 0.2) is 90.0 Å². The molecule has 2 heterocycles. The van der Waals surface area contributed by atoms with E-state index in [0.29, 0.717) is 52.6 Å². The van der Waals surface area contributed by atoms with E-state index in [-0.39, 0.29) is 11.1 Å². The van der Waals surface area contributed by atoms with Gasteiger partial charge < -0.3 is 10.5 Å². The molecule has 0 saturated heterocycles. The lowest BCUT2D eigenvalue weighted by Gasteiger charge is -2.20. The van der Waals surface area contributed by atoms with Gasteiger partial charge in [0.2, 0.25) is 10.0 Å². The summed E-state index contributed by atoms with van der Waals surface area (Å²) in [5.41, 5.74) is 7.90. The van der Waals surface area contributed by atoms with E-state index in [9.17, 15) is 13.2 Å². The lowest BCUT2D eigenvalue weighted by Crippen LogP contribution is -2.30. The minimum Gasteiger partial charge on any atom is -0.457 e. The third-order valence-electron chi connectivity index (χ3n) is 6.50. The number of para-hydroxylation sites is 1. The zero-order chi connectivity index (χ0) is 26.4. The molecule has 0 bridgehead atoms. The van der Waals surface area contributed by atoms with Crippen molar-refractivity contribution in [3.63, 3.8) is 0 Å². The molecule has 0 radical (unpaired) electrons. The largest absolute Gasteiger partial charge is 0.457 e. The van der Waals surface area contributed by atoms with Crippen LogP contribution in [-0.2, 0) is 10.0 Å². The molecule has 0 amide bonds. The molecular formula is C27H24N6O4S. The molecule has 1 fully saturated rings. The second-order valence-electron chi connectivity index (χ2n) is 9.03. The number of benzene rings is 3. The van der Waals surface area contributed by atoms with Crippen LogP contribution in [0.1, 0.15) is 12.8 Å². The number of sulfonamides is 1. The molecule has 38 heavy (non-hydrogen) atoms. The summed E-state index contributed by atoms with van der Waals surface area (Å²) in [4.78, 5) is 22.3. The van der Waals surface area contributed by atoms with Gasteiger partial charge in [0.05, 0.1) is 22.3 Å². The highest BCUT2D eigenvalue weighted by molar-refractivity contribution is 7.93. The highest BCUT2D eigenvalue weighted by atomic mass is 32.2. The fraction of sp³-hybridized carbons (Fsp3) is 0.148. The molecule has 11 heteroatoms. The first-order valence-electron chi connectivity index (χ1n) is 12.0. The topological polar surface area (TPSA) is 125 Å². The average Bonchev–Trinajstić information content (AvgIpc) is 3.74. The second kappa shape index (κ2) is 9.03. The summed E-state index contributed by atoms with van der Waals surface area (Å²) in [5.74, 6) is 1.44. The van der Waals surface area contributed by atoms with Crippen molar-refractivity contribution in [2.75, 3.05) is 17.1 Å². The molecule has 1 saturated carbocycles. The van der Waals surface area contributed by atoms with Gasteiger partial charge in [-0.25, -0.2) is 27.7 Å². The first kappa shape index (κ1) is 23.7. The molecule has 1 aliphatic rings.